The van der Waals surface area contributed by atoms with E-state index in [-0.39, 0.29) is 31.6 Å². The number of halogens is 3. The summed E-state index contributed by atoms with van der Waals surface area (Å²) in [6, 6.07) is 7.90. The summed E-state index contributed by atoms with van der Waals surface area (Å²) in [6.45, 7) is 6.53. The number of carbonyl (C=O) groups excluding carboxylic acids is 2. The second-order valence-electron chi connectivity index (χ2n) is 9.02. The Hall–Kier alpha value is -2.62. The molecular formula is C23H28F3N3O3S. The molecule has 1 fully saturated rings. The number of amides is 2. The number of likely N-dealkylation sites (tertiary alicyclic amines) is 1. The summed E-state index contributed by atoms with van der Waals surface area (Å²) >= 11 is 1.32. The van der Waals surface area contributed by atoms with Crippen molar-refractivity contribution in [1.29, 1.82) is 0 Å². The van der Waals surface area contributed by atoms with Crippen LogP contribution in [-0.4, -0.2) is 52.8 Å². The second-order valence-corrected chi connectivity index (χ2v) is 10.2. The molecule has 10 heteroatoms. The zero-order valence-corrected chi connectivity index (χ0v) is 19.8. The van der Waals surface area contributed by atoms with Gasteiger partial charge in [0.05, 0.1) is 21.8 Å². The van der Waals surface area contributed by atoms with Crippen LogP contribution in [-0.2, 0) is 4.74 Å². The Morgan fingerprint density at radius 1 is 1.21 bits per heavy atom. The number of aryl methyl sites for hydroxylation is 1. The quantitative estimate of drug-likeness (QED) is 0.630. The molecule has 2 aromatic rings. The van der Waals surface area contributed by atoms with Gasteiger partial charge in [-0.2, -0.15) is 13.2 Å². The zero-order chi connectivity index (χ0) is 24.4. The number of alkyl halides is 3. The SMILES string of the molecule is Cc1nc(C(=O)N2CCC[C@@H](C(F)(F)F)C2CNC(=O)OC(C)(C)C)c(-c2ccccc2)s1. The van der Waals surface area contributed by atoms with Crippen molar-refractivity contribution in [2.45, 2.75) is 58.4 Å². The van der Waals surface area contributed by atoms with Crippen LogP contribution in [0.25, 0.3) is 10.4 Å². The molecule has 0 bridgehead atoms. The lowest BCUT2D eigenvalue weighted by molar-refractivity contribution is -0.197. The van der Waals surface area contributed by atoms with E-state index in [4.69, 9.17) is 4.74 Å². The molecule has 1 saturated heterocycles. The lowest BCUT2D eigenvalue weighted by atomic mass is 9.88. The molecule has 0 spiro atoms. The molecule has 0 saturated carbocycles. The van der Waals surface area contributed by atoms with Gasteiger partial charge in [-0.25, -0.2) is 9.78 Å². The average molecular weight is 484 g/mol. The monoisotopic (exact) mass is 483 g/mol. The predicted octanol–water partition coefficient (Wildman–Crippen LogP) is 5.43. The zero-order valence-electron chi connectivity index (χ0n) is 19.0. The van der Waals surface area contributed by atoms with Gasteiger partial charge in [-0.1, -0.05) is 30.3 Å². The molecule has 1 N–H and O–H groups in total. The largest absolute Gasteiger partial charge is 0.444 e. The van der Waals surface area contributed by atoms with Crippen molar-refractivity contribution in [2.24, 2.45) is 5.92 Å². The Morgan fingerprint density at radius 2 is 1.88 bits per heavy atom. The van der Waals surface area contributed by atoms with E-state index in [0.29, 0.717) is 9.88 Å². The molecule has 33 heavy (non-hydrogen) atoms. The van der Waals surface area contributed by atoms with Crippen LogP contribution in [0.4, 0.5) is 18.0 Å². The highest BCUT2D eigenvalue weighted by Gasteiger charge is 2.50. The molecule has 1 unspecified atom stereocenters. The van der Waals surface area contributed by atoms with Crippen molar-refractivity contribution < 1.29 is 27.5 Å². The predicted molar refractivity (Wildman–Crippen MR) is 120 cm³/mol. The molecule has 2 heterocycles. The number of hydrogen-bond donors (Lipinski definition) is 1. The molecular weight excluding hydrogens is 455 g/mol. The maximum atomic E-state index is 13.9. The van der Waals surface area contributed by atoms with Crippen LogP contribution in [0.5, 0.6) is 0 Å². The van der Waals surface area contributed by atoms with E-state index in [1.54, 1.807) is 27.7 Å². The molecule has 3 rings (SSSR count). The minimum atomic E-state index is -4.51. The first-order valence-electron chi connectivity index (χ1n) is 10.7. The highest BCUT2D eigenvalue weighted by atomic mass is 32.1. The fourth-order valence-electron chi connectivity index (χ4n) is 3.94. The number of ether oxygens (including phenoxy) is 1. The molecule has 0 aliphatic carbocycles. The minimum absolute atomic E-state index is 0.115. The fourth-order valence-corrected chi connectivity index (χ4v) is 4.85. The van der Waals surface area contributed by atoms with Crippen LogP contribution in [0.15, 0.2) is 30.3 Å². The summed E-state index contributed by atoms with van der Waals surface area (Å²) in [5.74, 6) is -2.33. The normalized spacial score (nSPS) is 19.3. The lowest BCUT2D eigenvalue weighted by Crippen LogP contribution is -2.57. The molecule has 1 aromatic carbocycles. The Balaban J connectivity index is 1.91. The number of nitrogens with zero attached hydrogens (tertiary/aromatic N) is 2. The van der Waals surface area contributed by atoms with Crippen LogP contribution >= 0.6 is 11.3 Å². The molecule has 1 aromatic heterocycles. The minimum Gasteiger partial charge on any atom is -0.444 e. The lowest BCUT2D eigenvalue weighted by Gasteiger charge is -2.42. The summed E-state index contributed by atoms with van der Waals surface area (Å²) in [5, 5.41) is 3.07. The first kappa shape index (κ1) is 25.0. The van der Waals surface area contributed by atoms with E-state index >= 15 is 0 Å². The first-order valence-corrected chi connectivity index (χ1v) is 11.6. The fraction of sp³-hybridized carbons (Fsp3) is 0.522. The van der Waals surface area contributed by atoms with Crippen molar-refractivity contribution in [3.05, 3.63) is 41.0 Å². The standard InChI is InChI=1S/C23H28F3N3O3S/c1-14-28-18(19(33-14)15-9-6-5-7-10-15)20(30)29-12-8-11-16(23(24,25)26)17(29)13-27-21(31)32-22(2,3)4/h5-7,9-10,16-17H,8,11-13H2,1-4H3,(H,27,31)/t16-,17?/m1/s1. The number of aromatic nitrogens is 1. The number of carbonyl (C=O) groups is 2. The van der Waals surface area contributed by atoms with Crippen LogP contribution < -0.4 is 5.32 Å². The summed E-state index contributed by atoms with van der Waals surface area (Å²) in [7, 11) is 0. The third-order valence-electron chi connectivity index (χ3n) is 5.29. The van der Waals surface area contributed by atoms with Gasteiger partial charge in [0.2, 0.25) is 0 Å². The number of alkyl carbamates (subject to hydrolysis) is 1. The van der Waals surface area contributed by atoms with Gasteiger partial charge in [0.25, 0.3) is 5.91 Å². The summed E-state index contributed by atoms with van der Waals surface area (Å²) in [4.78, 5) is 31.8. The average Bonchev–Trinajstić information content (AvgIpc) is 3.12. The third kappa shape index (κ3) is 6.25. The molecule has 2 atom stereocenters. The summed E-state index contributed by atoms with van der Waals surface area (Å²) < 4.78 is 46.8. The number of piperidine rings is 1. The van der Waals surface area contributed by atoms with Gasteiger partial charge >= 0.3 is 12.3 Å². The summed E-state index contributed by atoms with van der Waals surface area (Å²) in [5.41, 5.74) is 0.117. The van der Waals surface area contributed by atoms with Gasteiger partial charge in [-0.3, -0.25) is 4.79 Å². The molecule has 6 nitrogen and oxygen atoms in total. The second kappa shape index (κ2) is 9.70. The van der Waals surface area contributed by atoms with E-state index in [9.17, 15) is 22.8 Å². The molecule has 180 valence electrons. The van der Waals surface area contributed by atoms with Gasteiger partial charge in [-0.05, 0) is 46.1 Å². The van der Waals surface area contributed by atoms with Crippen molar-refractivity contribution in [3.8, 4) is 10.4 Å². The number of thiazole rings is 1. The van der Waals surface area contributed by atoms with Crippen LogP contribution in [0.2, 0.25) is 0 Å². The molecule has 0 radical (unpaired) electrons. The highest BCUT2D eigenvalue weighted by molar-refractivity contribution is 7.15. The molecule has 1 aliphatic heterocycles. The third-order valence-corrected chi connectivity index (χ3v) is 6.31. The van der Waals surface area contributed by atoms with Crippen molar-refractivity contribution in [2.75, 3.05) is 13.1 Å². The van der Waals surface area contributed by atoms with Gasteiger partial charge in [0.15, 0.2) is 0 Å². The Bertz CT molecular complexity index is 986. The van der Waals surface area contributed by atoms with Crippen LogP contribution in [0.1, 0.15) is 49.1 Å². The summed E-state index contributed by atoms with van der Waals surface area (Å²) in [6.07, 6.45) is -5.24. The van der Waals surface area contributed by atoms with E-state index in [1.807, 2.05) is 30.3 Å². The van der Waals surface area contributed by atoms with E-state index < -0.39 is 35.7 Å². The Morgan fingerprint density at radius 3 is 2.48 bits per heavy atom. The van der Waals surface area contributed by atoms with Crippen molar-refractivity contribution in [1.82, 2.24) is 15.2 Å². The van der Waals surface area contributed by atoms with E-state index in [2.05, 4.69) is 10.3 Å². The van der Waals surface area contributed by atoms with Crippen molar-refractivity contribution >= 4 is 23.3 Å². The number of benzene rings is 1. The molecule has 1 aliphatic rings. The smallest absolute Gasteiger partial charge is 0.407 e. The number of nitrogens with one attached hydrogen (secondary N) is 1. The van der Waals surface area contributed by atoms with Gasteiger partial charge in [0.1, 0.15) is 11.3 Å². The van der Waals surface area contributed by atoms with Crippen LogP contribution in [0.3, 0.4) is 0 Å². The first-order chi connectivity index (χ1) is 15.4. The van der Waals surface area contributed by atoms with E-state index in [0.717, 1.165) is 5.56 Å². The van der Waals surface area contributed by atoms with Gasteiger partial charge in [-0.15, -0.1) is 11.3 Å². The number of rotatable bonds is 4. The van der Waals surface area contributed by atoms with Gasteiger partial charge < -0.3 is 15.0 Å². The molecule has 2 amide bonds. The Labute approximate surface area is 195 Å². The maximum Gasteiger partial charge on any atom is 0.407 e. The van der Waals surface area contributed by atoms with Crippen LogP contribution in [0, 0.1) is 12.8 Å². The maximum absolute atomic E-state index is 13.9. The Kier molecular flexibility index (Phi) is 7.36. The highest BCUT2D eigenvalue weighted by Crippen LogP contribution is 2.39. The topological polar surface area (TPSA) is 71.5 Å². The number of hydrogen-bond acceptors (Lipinski definition) is 5. The van der Waals surface area contributed by atoms with Gasteiger partial charge in [0, 0.05) is 13.1 Å². The van der Waals surface area contributed by atoms with Crippen molar-refractivity contribution in [3.63, 3.8) is 0 Å². The van der Waals surface area contributed by atoms with E-state index in [1.165, 1.54) is 16.2 Å².